The summed E-state index contributed by atoms with van der Waals surface area (Å²) in [6.45, 7) is 1.81. The third-order valence-corrected chi connectivity index (χ3v) is 6.35. The third-order valence-electron chi connectivity index (χ3n) is 5.27. The van der Waals surface area contributed by atoms with E-state index >= 15 is 0 Å². The SMILES string of the molecule is CCCC(=O)N(c1ccc(Nc2c3ccccc3nc3cc([N+](=O)[O-])ccc23)cc1)S(C)(=O)=O. The van der Waals surface area contributed by atoms with Crippen LogP contribution in [0.25, 0.3) is 21.8 Å². The van der Waals surface area contributed by atoms with Crippen LogP contribution in [-0.4, -0.2) is 30.5 Å². The van der Waals surface area contributed by atoms with Gasteiger partial charge in [-0.3, -0.25) is 14.9 Å². The fraction of sp³-hybridized carbons (Fsp3) is 0.167. The zero-order valence-corrected chi connectivity index (χ0v) is 19.4. The molecule has 0 atom stereocenters. The molecule has 0 saturated heterocycles. The number of benzene rings is 3. The van der Waals surface area contributed by atoms with Crippen molar-refractivity contribution in [2.24, 2.45) is 0 Å². The van der Waals surface area contributed by atoms with Crippen LogP contribution in [0.4, 0.5) is 22.7 Å². The molecule has 9 nitrogen and oxygen atoms in total. The van der Waals surface area contributed by atoms with Gasteiger partial charge in [-0.05, 0) is 42.8 Å². The van der Waals surface area contributed by atoms with Crippen LogP contribution in [0.2, 0.25) is 0 Å². The highest BCUT2D eigenvalue weighted by molar-refractivity contribution is 7.92. The number of rotatable bonds is 7. The highest BCUT2D eigenvalue weighted by atomic mass is 32.2. The molecule has 0 unspecified atom stereocenters. The maximum absolute atomic E-state index is 12.4. The van der Waals surface area contributed by atoms with E-state index in [9.17, 15) is 23.3 Å². The molecule has 4 rings (SSSR count). The van der Waals surface area contributed by atoms with Gasteiger partial charge in [-0.15, -0.1) is 0 Å². The van der Waals surface area contributed by atoms with Gasteiger partial charge in [0.15, 0.2) is 0 Å². The monoisotopic (exact) mass is 478 g/mol. The molecular weight excluding hydrogens is 456 g/mol. The fourth-order valence-corrected chi connectivity index (χ4v) is 4.76. The minimum absolute atomic E-state index is 0.0526. The number of carbonyl (C=O) groups excluding carboxylic acids is 1. The van der Waals surface area contributed by atoms with Crippen LogP contribution in [-0.2, 0) is 14.8 Å². The first-order valence-electron chi connectivity index (χ1n) is 10.6. The molecule has 0 bridgehead atoms. The van der Waals surface area contributed by atoms with Crippen molar-refractivity contribution < 1.29 is 18.1 Å². The number of aromatic nitrogens is 1. The number of hydrogen-bond acceptors (Lipinski definition) is 7. The predicted molar refractivity (Wildman–Crippen MR) is 133 cm³/mol. The number of hydrogen-bond donors (Lipinski definition) is 1. The molecule has 0 radical (unpaired) electrons. The second-order valence-corrected chi connectivity index (χ2v) is 9.64. The number of carbonyl (C=O) groups is 1. The second-order valence-electron chi connectivity index (χ2n) is 7.81. The van der Waals surface area contributed by atoms with Gasteiger partial charge in [0.25, 0.3) is 5.69 Å². The summed E-state index contributed by atoms with van der Waals surface area (Å²) in [6.07, 6.45) is 1.65. The van der Waals surface area contributed by atoms with Gasteiger partial charge in [0.05, 0.1) is 33.6 Å². The number of amides is 1. The molecule has 4 aromatic rings. The van der Waals surface area contributed by atoms with Gasteiger partial charge in [-0.25, -0.2) is 17.7 Å². The van der Waals surface area contributed by atoms with Gasteiger partial charge in [0.1, 0.15) is 0 Å². The number of anilines is 3. The first-order chi connectivity index (χ1) is 16.2. The van der Waals surface area contributed by atoms with Crippen LogP contribution >= 0.6 is 0 Å². The van der Waals surface area contributed by atoms with Crippen molar-refractivity contribution in [3.05, 3.63) is 76.8 Å². The Balaban J connectivity index is 1.77. The van der Waals surface area contributed by atoms with E-state index in [1.165, 1.54) is 12.1 Å². The average molecular weight is 479 g/mol. The van der Waals surface area contributed by atoms with Gasteiger partial charge < -0.3 is 5.32 Å². The third kappa shape index (κ3) is 4.53. The molecule has 34 heavy (non-hydrogen) atoms. The summed E-state index contributed by atoms with van der Waals surface area (Å²) in [6, 6.07) is 18.4. The highest BCUT2D eigenvalue weighted by Crippen LogP contribution is 2.35. The van der Waals surface area contributed by atoms with E-state index < -0.39 is 20.9 Å². The number of nitrogens with one attached hydrogen (secondary N) is 1. The zero-order chi connectivity index (χ0) is 24.5. The van der Waals surface area contributed by atoms with Gasteiger partial charge in [0, 0.05) is 35.0 Å². The van der Waals surface area contributed by atoms with Crippen LogP contribution in [0.3, 0.4) is 0 Å². The van der Waals surface area contributed by atoms with Crippen molar-refractivity contribution in [1.29, 1.82) is 0 Å². The van der Waals surface area contributed by atoms with E-state index in [0.29, 0.717) is 34.2 Å². The van der Waals surface area contributed by atoms with Crippen molar-refractivity contribution >= 4 is 60.5 Å². The van der Waals surface area contributed by atoms with Crippen molar-refractivity contribution in [2.75, 3.05) is 15.9 Å². The molecule has 10 heteroatoms. The first-order valence-corrected chi connectivity index (χ1v) is 12.4. The number of para-hydroxylation sites is 1. The molecule has 0 saturated carbocycles. The molecule has 0 aliphatic rings. The Morgan fingerprint density at radius 1 is 1.03 bits per heavy atom. The Hall–Kier alpha value is -4.05. The number of nitrogens with zero attached hydrogens (tertiary/aromatic N) is 3. The Morgan fingerprint density at radius 2 is 1.71 bits per heavy atom. The Labute approximate surface area is 196 Å². The minimum Gasteiger partial charge on any atom is -0.354 e. The zero-order valence-electron chi connectivity index (χ0n) is 18.6. The quantitative estimate of drug-likeness (QED) is 0.222. The summed E-state index contributed by atoms with van der Waals surface area (Å²) >= 11 is 0. The molecule has 0 fully saturated rings. The molecule has 0 spiro atoms. The molecule has 1 heterocycles. The first kappa shape index (κ1) is 23.1. The van der Waals surface area contributed by atoms with Gasteiger partial charge in [-0.2, -0.15) is 0 Å². The van der Waals surface area contributed by atoms with E-state index in [1.54, 1.807) is 30.3 Å². The van der Waals surface area contributed by atoms with E-state index in [0.717, 1.165) is 15.9 Å². The molecule has 3 aromatic carbocycles. The summed E-state index contributed by atoms with van der Waals surface area (Å²) in [5.41, 5.74) is 2.71. The topological polar surface area (TPSA) is 123 Å². The van der Waals surface area contributed by atoms with E-state index in [2.05, 4.69) is 10.3 Å². The number of sulfonamides is 1. The summed E-state index contributed by atoms with van der Waals surface area (Å²) in [7, 11) is -3.78. The number of non-ortho nitro benzene ring substituents is 1. The second kappa shape index (κ2) is 9.06. The molecule has 1 aromatic heterocycles. The van der Waals surface area contributed by atoms with Crippen LogP contribution in [0, 0.1) is 10.1 Å². The maximum atomic E-state index is 12.4. The molecular formula is C24H22N4O5S. The Bertz CT molecular complexity index is 1520. The van der Waals surface area contributed by atoms with Gasteiger partial charge in [-0.1, -0.05) is 25.1 Å². The van der Waals surface area contributed by atoms with E-state index in [1.807, 2.05) is 31.2 Å². The highest BCUT2D eigenvalue weighted by Gasteiger charge is 2.24. The summed E-state index contributed by atoms with van der Waals surface area (Å²) in [5, 5.41) is 16.1. The minimum atomic E-state index is -3.78. The molecule has 0 aliphatic carbocycles. The Kier molecular flexibility index (Phi) is 6.16. The van der Waals surface area contributed by atoms with Crippen LogP contribution in [0.5, 0.6) is 0 Å². The predicted octanol–water partition coefficient (Wildman–Crippen LogP) is 5.13. The van der Waals surface area contributed by atoms with Crippen LogP contribution in [0.15, 0.2) is 66.7 Å². The molecule has 1 amide bonds. The van der Waals surface area contributed by atoms with Crippen molar-refractivity contribution in [3.63, 3.8) is 0 Å². The lowest BCUT2D eigenvalue weighted by molar-refractivity contribution is -0.384. The standard InChI is InChI=1S/C24H22N4O5S/c1-3-6-23(29)27(34(2,32)33)17-11-9-16(10-12-17)25-24-19-7-4-5-8-21(19)26-22-15-18(28(30)31)13-14-20(22)24/h4-5,7-15H,3,6H2,1-2H3,(H,25,26). The largest absolute Gasteiger partial charge is 0.354 e. The summed E-state index contributed by atoms with van der Waals surface area (Å²) in [4.78, 5) is 27.7. The number of pyridine rings is 1. The van der Waals surface area contributed by atoms with Crippen LogP contribution < -0.4 is 9.62 Å². The van der Waals surface area contributed by atoms with Gasteiger partial charge >= 0.3 is 0 Å². The average Bonchev–Trinajstić information content (AvgIpc) is 2.79. The lowest BCUT2D eigenvalue weighted by Crippen LogP contribution is -2.35. The molecule has 174 valence electrons. The smallest absolute Gasteiger partial charge is 0.271 e. The van der Waals surface area contributed by atoms with Crippen molar-refractivity contribution in [3.8, 4) is 0 Å². The summed E-state index contributed by atoms with van der Waals surface area (Å²) < 4.78 is 25.3. The lowest BCUT2D eigenvalue weighted by atomic mass is 10.1. The molecule has 1 N–H and O–H groups in total. The Morgan fingerprint density at radius 3 is 2.35 bits per heavy atom. The van der Waals surface area contributed by atoms with Gasteiger partial charge in [0.2, 0.25) is 15.9 Å². The van der Waals surface area contributed by atoms with Crippen molar-refractivity contribution in [1.82, 2.24) is 4.98 Å². The number of nitro groups is 1. The summed E-state index contributed by atoms with van der Waals surface area (Å²) in [5.74, 6) is -0.488. The molecule has 0 aliphatic heterocycles. The number of nitro benzene ring substituents is 1. The number of fused-ring (bicyclic) bond motifs is 2. The lowest BCUT2D eigenvalue weighted by Gasteiger charge is -2.21. The van der Waals surface area contributed by atoms with Crippen LogP contribution in [0.1, 0.15) is 19.8 Å². The maximum Gasteiger partial charge on any atom is 0.271 e. The van der Waals surface area contributed by atoms with Crippen molar-refractivity contribution in [2.45, 2.75) is 19.8 Å². The van der Waals surface area contributed by atoms with E-state index in [4.69, 9.17) is 0 Å². The fourth-order valence-electron chi connectivity index (χ4n) is 3.79. The van der Waals surface area contributed by atoms with E-state index in [-0.39, 0.29) is 17.8 Å². The normalized spacial score (nSPS) is 11.5.